The Morgan fingerprint density at radius 3 is 2.28 bits per heavy atom. The van der Waals surface area contributed by atoms with E-state index in [-0.39, 0.29) is 11.8 Å². The van der Waals surface area contributed by atoms with E-state index >= 15 is 0 Å². The zero-order valence-electron chi connectivity index (χ0n) is 28.5. The molecule has 10 heteroatoms. The Morgan fingerprint density at radius 1 is 0.936 bits per heavy atom. The molecule has 2 N–H and O–H groups in total. The van der Waals surface area contributed by atoms with Gasteiger partial charge in [0.15, 0.2) is 5.65 Å². The number of aromatic hydroxyl groups is 1. The predicted octanol–water partition coefficient (Wildman–Crippen LogP) is 5.58. The highest BCUT2D eigenvalue weighted by Gasteiger charge is 2.56. The van der Waals surface area contributed by atoms with Crippen LogP contribution in [0.25, 0.3) is 22.3 Å². The second-order valence-corrected chi connectivity index (χ2v) is 16.1. The van der Waals surface area contributed by atoms with Gasteiger partial charge in [-0.3, -0.25) is 4.90 Å². The number of nitrogens with zero attached hydrogens (tertiary/aromatic N) is 6. The Bertz CT molecular complexity index is 1620. The fraction of sp³-hybridized carbons (Fsp3) is 0.649. The molecule has 10 nitrogen and oxygen atoms in total. The number of phenols is 1. The summed E-state index contributed by atoms with van der Waals surface area (Å²) in [6, 6.07) is 11.8. The number of carbonyl (C=O) groups is 1. The van der Waals surface area contributed by atoms with E-state index in [2.05, 4.69) is 42.9 Å². The van der Waals surface area contributed by atoms with Gasteiger partial charge in [0.2, 0.25) is 0 Å². The first kappa shape index (κ1) is 31.1. The molecule has 0 radical (unpaired) electrons. The van der Waals surface area contributed by atoms with Crippen molar-refractivity contribution in [2.24, 2.45) is 5.41 Å². The number of aromatic nitrogens is 3. The monoisotopic (exact) mass is 641 g/mol. The predicted molar refractivity (Wildman–Crippen MR) is 182 cm³/mol. The van der Waals surface area contributed by atoms with E-state index in [9.17, 15) is 9.90 Å². The molecule has 6 heterocycles. The highest BCUT2D eigenvalue weighted by atomic mass is 16.6. The van der Waals surface area contributed by atoms with Crippen LogP contribution < -0.4 is 0 Å². The highest BCUT2D eigenvalue weighted by Crippen LogP contribution is 2.51. The third-order valence-corrected chi connectivity index (χ3v) is 11.9. The second kappa shape index (κ2) is 11.7. The summed E-state index contributed by atoms with van der Waals surface area (Å²) in [4.78, 5) is 26.1. The summed E-state index contributed by atoms with van der Waals surface area (Å²) in [6.07, 6.45) is 8.32. The zero-order valence-corrected chi connectivity index (χ0v) is 28.5. The standard InChI is InChI=1S/C37H51N7O3/c1-24-33-29-19-31(28-7-5-6-8-32(28)45)39-40-34(29)38-30(33)13-18-44(24)26-11-16-41(17-12-26)25-9-14-42(15-10-25)27-20-37(21-27)22-43(23-37)35(46)47-36(2,3)4/h5-8,19,24-27,45H,9-18,20-23H2,1-4H3,(H,38,40). The van der Waals surface area contributed by atoms with Gasteiger partial charge in [-0.2, -0.15) is 0 Å². The van der Waals surface area contributed by atoms with Gasteiger partial charge in [0.25, 0.3) is 0 Å². The Kier molecular flexibility index (Phi) is 7.76. The zero-order chi connectivity index (χ0) is 32.5. The number of aromatic amines is 1. The molecule has 4 fully saturated rings. The number of fused-ring (bicyclic) bond motifs is 3. The van der Waals surface area contributed by atoms with Crippen molar-refractivity contribution in [3.8, 4) is 17.0 Å². The van der Waals surface area contributed by atoms with Gasteiger partial charge >= 0.3 is 6.09 Å². The smallest absolute Gasteiger partial charge is 0.410 e. The molecule has 8 rings (SSSR count). The molecule has 252 valence electrons. The average Bonchev–Trinajstić information content (AvgIpc) is 3.38. The van der Waals surface area contributed by atoms with Crippen LogP contribution >= 0.6 is 0 Å². The molecule has 1 unspecified atom stereocenters. The van der Waals surface area contributed by atoms with Crippen molar-refractivity contribution in [1.82, 2.24) is 34.8 Å². The molecule has 1 saturated carbocycles. The number of phenolic OH excluding ortho intramolecular Hbond substituents is 1. The molecule has 1 atom stereocenters. The minimum absolute atomic E-state index is 0.150. The molecule has 2 aromatic heterocycles. The minimum atomic E-state index is -0.424. The van der Waals surface area contributed by atoms with E-state index in [0.29, 0.717) is 35.3 Å². The molecule has 47 heavy (non-hydrogen) atoms. The van der Waals surface area contributed by atoms with Gasteiger partial charge in [-0.05, 0) is 116 Å². The van der Waals surface area contributed by atoms with E-state index in [1.807, 2.05) is 43.9 Å². The lowest BCUT2D eigenvalue weighted by Crippen LogP contribution is -2.68. The molecule has 5 aliphatic rings. The third-order valence-electron chi connectivity index (χ3n) is 11.9. The lowest BCUT2D eigenvalue weighted by molar-refractivity contribution is -0.113. The summed E-state index contributed by atoms with van der Waals surface area (Å²) >= 11 is 0. The summed E-state index contributed by atoms with van der Waals surface area (Å²) in [5, 5.41) is 20.5. The number of carbonyl (C=O) groups excluding carboxylic acids is 1. The van der Waals surface area contributed by atoms with Gasteiger partial charge in [0.05, 0.1) is 5.69 Å². The Hall–Kier alpha value is -3.21. The number of likely N-dealkylation sites (tertiary alicyclic amines) is 3. The van der Waals surface area contributed by atoms with E-state index in [1.165, 1.54) is 76.0 Å². The van der Waals surface area contributed by atoms with Gasteiger partial charge in [-0.25, -0.2) is 4.79 Å². The number of rotatable bonds is 4. The first-order chi connectivity index (χ1) is 22.6. The molecule has 1 amide bonds. The Labute approximate surface area is 278 Å². The molecule has 0 bridgehead atoms. The van der Waals surface area contributed by atoms with Crippen molar-refractivity contribution in [2.75, 3.05) is 45.8 Å². The molecule has 1 aromatic carbocycles. The van der Waals surface area contributed by atoms with E-state index in [4.69, 9.17) is 4.74 Å². The van der Waals surface area contributed by atoms with Crippen LogP contribution in [0.2, 0.25) is 0 Å². The number of nitrogens with one attached hydrogen (secondary N) is 1. The molecular weight excluding hydrogens is 590 g/mol. The SMILES string of the molecule is CC1c2c([nH]c3nnc(-c4ccccc4O)cc23)CCN1C1CCN(C2CCN(C3CC4(C3)CN(C(=O)OC(C)(C)C)C4)CC2)CC1. The quantitative estimate of drug-likeness (QED) is 0.381. The molecule has 4 aliphatic heterocycles. The summed E-state index contributed by atoms with van der Waals surface area (Å²) in [5.74, 6) is 0.232. The topological polar surface area (TPSA) is 101 Å². The van der Waals surface area contributed by atoms with E-state index in [0.717, 1.165) is 42.7 Å². The molecule has 1 aliphatic carbocycles. The maximum Gasteiger partial charge on any atom is 0.410 e. The number of hydrogen-bond acceptors (Lipinski definition) is 8. The van der Waals surface area contributed by atoms with Crippen LogP contribution in [-0.2, 0) is 11.2 Å². The average molecular weight is 642 g/mol. The number of para-hydroxylation sites is 1. The molecule has 3 saturated heterocycles. The highest BCUT2D eigenvalue weighted by molar-refractivity contribution is 5.86. The second-order valence-electron chi connectivity index (χ2n) is 16.1. The normalized spacial score (nSPS) is 25.1. The number of amides is 1. The Balaban J connectivity index is 0.825. The minimum Gasteiger partial charge on any atom is -0.507 e. The van der Waals surface area contributed by atoms with Crippen LogP contribution in [0.5, 0.6) is 5.75 Å². The van der Waals surface area contributed by atoms with Crippen LogP contribution in [0.15, 0.2) is 30.3 Å². The summed E-state index contributed by atoms with van der Waals surface area (Å²) in [7, 11) is 0. The number of hydrogen-bond donors (Lipinski definition) is 2. The Morgan fingerprint density at radius 2 is 1.60 bits per heavy atom. The summed E-state index contributed by atoms with van der Waals surface area (Å²) in [6.45, 7) is 15.8. The van der Waals surface area contributed by atoms with E-state index < -0.39 is 5.60 Å². The lowest BCUT2D eigenvalue weighted by Gasteiger charge is -2.61. The van der Waals surface area contributed by atoms with Gasteiger partial charge in [-0.15, -0.1) is 10.2 Å². The summed E-state index contributed by atoms with van der Waals surface area (Å²) in [5.41, 5.74) is 4.84. The maximum atomic E-state index is 12.4. The van der Waals surface area contributed by atoms with Crippen LogP contribution in [0.1, 0.15) is 83.5 Å². The third kappa shape index (κ3) is 5.80. The fourth-order valence-corrected chi connectivity index (χ4v) is 9.53. The first-order valence-electron chi connectivity index (χ1n) is 17.9. The molecule has 1 spiro atoms. The van der Waals surface area contributed by atoms with Gasteiger partial charge in [-0.1, -0.05) is 12.1 Å². The van der Waals surface area contributed by atoms with Gasteiger partial charge in [0, 0.05) is 72.3 Å². The van der Waals surface area contributed by atoms with Crippen molar-refractivity contribution in [2.45, 2.75) is 102 Å². The van der Waals surface area contributed by atoms with Crippen molar-refractivity contribution < 1.29 is 14.6 Å². The first-order valence-corrected chi connectivity index (χ1v) is 17.9. The van der Waals surface area contributed by atoms with Crippen molar-refractivity contribution in [3.63, 3.8) is 0 Å². The van der Waals surface area contributed by atoms with Gasteiger partial charge in [0.1, 0.15) is 11.4 Å². The molecular formula is C37H51N7O3. The molecule has 3 aromatic rings. The van der Waals surface area contributed by atoms with Crippen molar-refractivity contribution in [3.05, 3.63) is 41.6 Å². The van der Waals surface area contributed by atoms with Crippen molar-refractivity contribution >= 4 is 17.1 Å². The van der Waals surface area contributed by atoms with Crippen LogP contribution in [0, 0.1) is 5.41 Å². The van der Waals surface area contributed by atoms with Crippen LogP contribution in [0.3, 0.4) is 0 Å². The lowest BCUT2D eigenvalue weighted by atomic mass is 9.60. The largest absolute Gasteiger partial charge is 0.507 e. The van der Waals surface area contributed by atoms with Crippen molar-refractivity contribution in [1.29, 1.82) is 0 Å². The van der Waals surface area contributed by atoms with Gasteiger partial charge < -0.3 is 29.5 Å². The number of benzene rings is 1. The summed E-state index contributed by atoms with van der Waals surface area (Å²) < 4.78 is 5.57. The number of ether oxygens (including phenoxy) is 1. The maximum absolute atomic E-state index is 12.4. The number of piperidine rings is 2. The van der Waals surface area contributed by atoms with Crippen LogP contribution in [-0.4, -0.2) is 116 Å². The fourth-order valence-electron chi connectivity index (χ4n) is 9.53. The van der Waals surface area contributed by atoms with Crippen LogP contribution in [0.4, 0.5) is 4.79 Å². The van der Waals surface area contributed by atoms with E-state index in [1.54, 1.807) is 6.07 Å². The number of H-pyrrole nitrogens is 1.